The summed E-state index contributed by atoms with van der Waals surface area (Å²) in [6, 6.07) is 6.56. The predicted molar refractivity (Wildman–Crippen MR) is 96.6 cm³/mol. The Morgan fingerprint density at radius 2 is 1.93 bits per heavy atom. The summed E-state index contributed by atoms with van der Waals surface area (Å²) in [5.41, 5.74) is 0.611. The normalized spacial score (nSPS) is 10.7. The molecule has 9 heteroatoms. The number of halogens is 2. The summed E-state index contributed by atoms with van der Waals surface area (Å²) < 4.78 is 31.5. The summed E-state index contributed by atoms with van der Waals surface area (Å²) in [5.74, 6) is -1.81. The molecule has 3 aromatic rings. The Balaban J connectivity index is 1.61. The van der Waals surface area contributed by atoms with Crippen molar-refractivity contribution in [1.82, 2.24) is 10.3 Å². The zero-order chi connectivity index (χ0) is 19.6. The highest BCUT2D eigenvalue weighted by molar-refractivity contribution is 7.17. The van der Waals surface area contributed by atoms with Gasteiger partial charge >= 0.3 is 0 Å². The molecule has 2 aromatic heterocycles. The summed E-state index contributed by atoms with van der Waals surface area (Å²) in [6.07, 6.45) is 0. The third-order valence-corrected chi connectivity index (χ3v) is 4.74. The highest BCUT2D eigenvalue weighted by atomic mass is 32.1. The fraction of sp³-hybridized carbons (Fsp3) is 0.167. The molecule has 0 saturated heterocycles. The lowest BCUT2D eigenvalue weighted by atomic mass is 10.3. The van der Waals surface area contributed by atoms with Crippen molar-refractivity contribution in [3.63, 3.8) is 0 Å². The maximum absolute atomic E-state index is 13.1. The zero-order valence-corrected chi connectivity index (χ0v) is 15.2. The molecule has 0 aliphatic rings. The first kappa shape index (κ1) is 18.7. The lowest BCUT2D eigenvalue weighted by Crippen LogP contribution is -2.32. The minimum absolute atomic E-state index is 0.0950. The molecule has 0 fully saturated rings. The van der Waals surface area contributed by atoms with E-state index in [0.29, 0.717) is 21.3 Å². The van der Waals surface area contributed by atoms with Gasteiger partial charge in [-0.25, -0.2) is 13.8 Å². The van der Waals surface area contributed by atoms with Gasteiger partial charge in [0.1, 0.15) is 10.6 Å². The Labute approximate surface area is 157 Å². The summed E-state index contributed by atoms with van der Waals surface area (Å²) in [7, 11) is 0. The topological polar surface area (TPSA) is 84.2 Å². The van der Waals surface area contributed by atoms with Gasteiger partial charge in [0.15, 0.2) is 22.4 Å². The number of nitrogens with zero attached hydrogens (tertiary/aromatic N) is 1. The van der Waals surface area contributed by atoms with Gasteiger partial charge in [-0.2, -0.15) is 0 Å². The number of aryl methyl sites for hydroxylation is 2. The van der Waals surface area contributed by atoms with Crippen molar-refractivity contribution in [2.75, 3.05) is 11.9 Å². The maximum atomic E-state index is 13.1. The minimum Gasteiger partial charge on any atom is -0.459 e. The average molecular weight is 391 g/mol. The number of anilines is 1. The van der Waals surface area contributed by atoms with Crippen LogP contribution in [0.1, 0.15) is 21.1 Å². The van der Waals surface area contributed by atoms with Gasteiger partial charge in [0.05, 0.1) is 12.2 Å². The summed E-state index contributed by atoms with van der Waals surface area (Å²) >= 11 is 1.15. The van der Waals surface area contributed by atoms with E-state index in [1.807, 2.05) is 6.92 Å². The number of hydrogen-bond donors (Lipinski definition) is 2. The van der Waals surface area contributed by atoms with E-state index in [9.17, 15) is 18.4 Å². The van der Waals surface area contributed by atoms with Crippen molar-refractivity contribution in [2.45, 2.75) is 13.8 Å². The second-order valence-corrected chi connectivity index (χ2v) is 6.70. The Kier molecular flexibility index (Phi) is 5.31. The minimum atomic E-state index is -1.07. The van der Waals surface area contributed by atoms with Gasteiger partial charge in [-0.15, -0.1) is 11.3 Å². The molecule has 0 bridgehead atoms. The number of carbonyl (C=O) groups is 2. The molecule has 0 aliphatic heterocycles. The van der Waals surface area contributed by atoms with Gasteiger partial charge in [0.25, 0.3) is 5.91 Å². The van der Waals surface area contributed by atoms with Crippen molar-refractivity contribution in [3.8, 4) is 10.8 Å². The fourth-order valence-electron chi connectivity index (χ4n) is 2.28. The number of aromatic nitrogens is 1. The van der Waals surface area contributed by atoms with Crippen LogP contribution in [0.5, 0.6) is 0 Å². The van der Waals surface area contributed by atoms with Gasteiger partial charge in [-0.1, -0.05) is 0 Å². The number of amides is 2. The van der Waals surface area contributed by atoms with Gasteiger partial charge < -0.3 is 15.1 Å². The molecule has 0 spiro atoms. The number of rotatable bonds is 5. The molecule has 0 saturated carbocycles. The molecule has 2 amide bonds. The molecule has 140 valence electrons. The van der Waals surface area contributed by atoms with E-state index >= 15 is 0 Å². The molecule has 27 heavy (non-hydrogen) atoms. The van der Waals surface area contributed by atoms with E-state index < -0.39 is 23.4 Å². The number of carbonyl (C=O) groups excluding carboxylic acids is 2. The second-order valence-electron chi connectivity index (χ2n) is 5.70. The van der Waals surface area contributed by atoms with Crippen LogP contribution in [-0.2, 0) is 4.79 Å². The van der Waals surface area contributed by atoms with Crippen LogP contribution in [0.25, 0.3) is 10.8 Å². The zero-order valence-electron chi connectivity index (χ0n) is 14.4. The van der Waals surface area contributed by atoms with Crippen molar-refractivity contribution >= 4 is 28.8 Å². The molecule has 2 heterocycles. The molecule has 0 radical (unpaired) electrons. The Bertz CT molecular complexity index is 1010. The number of benzene rings is 1. The molecule has 0 atom stereocenters. The van der Waals surface area contributed by atoms with Crippen molar-refractivity contribution < 1.29 is 22.8 Å². The van der Waals surface area contributed by atoms with Gasteiger partial charge in [0.2, 0.25) is 5.91 Å². The SMILES string of the molecule is Cc1ccc(-c2nc(C)c(C(=O)NCC(=O)Nc3ccc(F)c(F)c3)s2)o1. The molecule has 2 N–H and O–H groups in total. The smallest absolute Gasteiger partial charge is 0.263 e. The highest BCUT2D eigenvalue weighted by Crippen LogP contribution is 2.29. The Hall–Kier alpha value is -3.07. The van der Waals surface area contributed by atoms with E-state index in [1.165, 1.54) is 6.07 Å². The largest absolute Gasteiger partial charge is 0.459 e. The number of thiazole rings is 1. The Morgan fingerprint density at radius 1 is 1.15 bits per heavy atom. The first-order valence-electron chi connectivity index (χ1n) is 7.91. The molecule has 0 aliphatic carbocycles. The predicted octanol–water partition coefficient (Wildman–Crippen LogP) is 3.67. The highest BCUT2D eigenvalue weighted by Gasteiger charge is 2.18. The second kappa shape index (κ2) is 7.67. The lowest BCUT2D eigenvalue weighted by molar-refractivity contribution is -0.115. The van der Waals surface area contributed by atoms with Crippen LogP contribution < -0.4 is 10.6 Å². The van der Waals surface area contributed by atoms with Crippen molar-refractivity contribution in [2.24, 2.45) is 0 Å². The van der Waals surface area contributed by atoms with E-state index in [1.54, 1.807) is 19.1 Å². The molecule has 3 rings (SSSR count). The van der Waals surface area contributed by atoms with Crippen LogP contribution in [0.4, 0.5) is 14.5 Å². The molecule has 1 aromatic carbocycles. The van der Waals surface area contributed by atoms with Crippen molar-refractivity contribution in [1.29, 1.82) is 0 Å². The van der Waals surface area contributed by atoms with Crippen LogP contribution in [0.2, 0.25) is 0 Å². The first-order valence-corrected chi connectivity index (χ1v) is 8.72. The monoisotopic (exact) mass is 391 g/mol. The maximum Gasteiger partial charge on any atom is 0.263 e. The average Bonchev–Trinajstić information content (AvgIpc) is 3.22. The lowest BCUT2D eigenvalue weighted by Gasteiger charge is -2.07. The van der Waals surface area contributed by atoms with Crippen LogP contribution in [0.15, 0.2) is 34.7 Å². The molecule has 6 nitrogen and oxygen atoms in total. The van der Waals surface area contributed by atoms with Gasteiger partial charge in [-0.05, 0) is 38.1 Å². The van der Waals surface area contributed by atoms with Gasteiger partial charge in [0, 0.05) is 11.8 Å². The van der Waals surface area contributed by atoms with Crippen LogP contribution in [0, 0.1) is 25.5 Å². The number of furan rings is 1. The number of nitrogens with one attached hydrogen (secondary N) is 2. The standard InChI is InChI=1S/C18H15F2N3O3S/c1-9-3-6-14(26-9)18-22-10(2)16(27-18)17(25)21-8-15(24)23-11-4-5-12(19)13(20)7-11/h3-7H,8H2,1-2H3,(H,21,25)(H,23,24). The third-order valence-electron chi connectivity index (χ3n) is 3.57. The summed E-state index contributed by atoms with van der Waals surface area (Å²) in [4.78, 5) is 28.9. The van der Waals surface area contributed by atoms with Crippen molar-refractivity contribution in [3.05, 3.63) is 58.3 Å². The summed E-state index contributed by atoms with van der Waals surface area (Å²) in [5, 5.41) is 5.42. The number of hydrogen-bond acceptors (Lipinski definition) is 5. The van der Waals surface area contributed by atoms with Crippen LogP contribution >= 0.6 is 11.3 Å². The van der Waals surface area contributed by atoms with E-state index in [4.69, 9.17) is 4.42 Å². The summed E-state index contributed by atoms with van der Waals surface area (Å²) in [6.45, 7) is 3.17. The third kappa shape index (κ3) is 4.37. The fourth-order valence-corrected chi connectivity index (χ4v) is 3.23. The van der Waals surface area contributed by atoms with E-state index in [0.717, 1.165) is 29.2 Å². The quantitative estimate of drug-likeness (QED) is 0.695. The molecule has 0 unspecified atom stereocenters. The van der Waals surface area contributed by atoms with Crippen LogP contribution in [-0.4, -0.2) is 23.3 Å². The first-order chi connectivity index (χ1) is 12.8. The molecular formula is C18H15F2N3O3S. The molecular weight excluding hydrogens is 376 g/mol. The van der Waals surface area contributed by atoms with Gasteiger partial charge in [-0.3, -0.25) is 9.59 Å². The Morgan fingerprint density at radius 3 is 2.59 bits per heavy atom. The van der Waals surface area contributed by atoms with E-state index in [2.05, 4.69) is 15.6 Å². The van der Waals surface area contributed by atoms with E-state index in [-0.39, 0.29) is 12.2 Å². The van der Waals surface area contributed by atoms with Crippen LogP contribution in [0.3, 0.4) is 0 Å².